The zero-order valence-electron chi connectivity index (χ0n) is 8.50. The zero-order valence-corrected chi connectivity index (χ0v) is 9.26. The molecule has 0 saturated heterocycles. The van der Waals surface area contributed by atoms with Crippen LogP contribution < -0.4 is 5.32 Å². The van der Waals surface area contributed by atoms with Gasteiger partial charge in [-0.2, -0.15) is 4.98 Å². The summed E-state index contributed by atoms with van der Waals surface area (Å²) in [6.07, 6.45) is 4.51. The third-order valence-corrected chi connectivity index (χ3v) is 3.08. The molecule has 2 rings (SSSR count). The normalized spacial score (nSPS) is 25.5. The van der Waals surface area contributed by atoms with Gasteiger partial charge >= 0.3 is 0 Å². The Kier molecular flexibility index (Phi) is 3.05. The van der Waals surface area contributed by atoms with Gasteiger partial charge in [0.2, 0.25) is 5.28 Å². The highest BCUT2D eigenvalue weighted by Gasteiger charge is 2.24. The van der Waals surface area contributed by atoms with E-state index >= 15 is 0 Å². The molecule has 1 heterocycles. The highest BCUT2D eigenvalue weighted by atomic mass is 35.5. The molecule has 0 amide bonds. The van der Waals surface area contributed by atoms with Crippen LogP contribution in [0.4, 0.5) is 10.2 Å². The van der Waals surface area contributed by atoms with Gasteiger partial charge in [0, 0.05) is 6.04 Å². The molecule has 0 radical (unpaired) electrons. The molecule has 1 aliphatic rings. The summed E-state index contributed by atoms with van der Waals surface area (Å²) >= 11 is 5.61. The highest BCUT2D eigenvalue weighted by Crippen LogP contribution is 2.28. The molecule has 1 aromatic rings. The Balaban J connectivity index is 2.12. The maximum Gasteiger partial charge on any atom is 0.224 e. The molecule has 3 nitrogen and oxygen atoms in total. The Bertz CT molecular complexity index is 359. The lowest BCUT2D eigenvalue weighted by Crippen LogP contribution is -2.23. The van der Waals surface area contributed by atoms with Crippen molar-refractivity contribution in [3.63, 3.8) is 0 Å². The number of nitrogens with one attached hydrogen (secondary N) is 1. The van der Waals surface area contributed by atoms with Crippen molar-refractivity contribution in [1.29, 1.82) is 0 Å². The van der Waals surface area contributed by atoms with E-state index < -0.39 is 5.82 Å². The molecule has 15 heavy (non-hydrogen) atoms. The van der Waals surface area contributed by atoms with Gasteiger partial charge in [0.25, 0.3) is 0 Å². The van der Waals surface area contributed by atoms with Crippen molar-refractivity contribution in [3.05, 3.63) is 17.3 Å². The van der Waals surface area contributed by atoms with Crippen LogP contribution in [0.1, 0.15) is 26.2 Å². The number of halogens is 2. The fourth-order valence-corrected chi connectivity index (χ4v) is 2.12. The van der Waals surface area contributed by atoms with Crippen molar-refractivity contribution >= 4 is 17.4 Å². The van der Waals surface area contributed by atoms with E-state index in [2.05, 4.69) is 22.2 Å². The lowest BCUT2D eigenvalue weighted by molar-refractivity contribution is 0.545. The molecule has 2 atom stereocenters. The summed E-state index contributed by atoms with van der Waals surface area (Å²) in [4.78, 5) is 7.41. The second-order valence-corrected chi connectivity index (χ2v) is 4.33. The van der Waals surface area contributed by atoms with E-state index in [9.17, 15) is 4.39 Å². The molecule has 0 aromatic carbocycles. The molecule has 2 unspecified atom stereocenters. The first kappa shape index (κ1) is 10.6. The number of aromatic nitrogens is 2. The summed E-state index contributed by atoms with van der Waals surface area (Å²) < 4.78 is 13.3. The van der Waals surface area contributed by atoms with Gasteiger partial charge in [-0.1, -0.05) is 13.3 Å². The minimum Gasteiger partial charge on any atom is -0.364 e. The summed E-state index contributed by atoms with van der Waals surface area (Å²) in [5.74, 6) is 0.324. The average Bonchev–Trinajstić information content (AvgIpc) is 2.58. The molecule has 1 fully saturated rings. The fraction of sp³-hybridized carbons (Fsp3) is 0.600. The average molecular weight is 230 g/mol. The summed E-state index contributed by atoms with van der Waals surface area (Å²) in [7, 11) is 0. The molecule has 0 spiro atoms. The topological polar surface area (TPSA) is 37.8 Å². The second-order valence-electron chi connectivity index (χ2n) is 3.99. The first-order valence-electron chi connectivity index (χ1n) is 5.11. The summed E-state index contributed by atoms with van der Waals surface area (Å²) in [5.41, 5.74) is 0. The van der Waals surface area contributed by atoms with E-state index in [1.165, 1.54) is 12.8 Å². The van der Waals surface area contributed by atoms with E-state index in [1.807, 2.05) is 0 Å². The maximum atomic E-state index is 13.3. The minimum absolute atomic E-state index is 0.0737. The molecule has 1 saturated carbocycles. The largest absolute Gasteiger partial charge is 0.364 e. The summed E-state index contributed by atoms with van der Waals surface area (Å²) in [5, 5.41) is 3.16. The molecule has 1 N–H and O–H groups in total. The van der Waals surface area contributed by atoms with Crippen molar-refractivity contribution in [2.24, 2.45) is 5.92 Å². The van der Waals surface area contributed by atoms with Crippen LogP contribution in [0, 0.1) is 11.7 Å². The van der Waals surface area contributed by atoms with Gasteiger partial charge in [0.05, 0.1) is 6.20 Å². The fourth-order valence-electron chi connectivity index (χ4n) is 1.98. The van der Waals surface area contributed by atoms with Crippen LogP contribution >= 0.6 is 11.6 Å². The predicted octanol–water partition coefficient (Wildman–Crippen LogP) is 2.87. The molecule has 0 bridgehead atoms. The minimum atomic E-state index is -0.446. The van der Waals surface area contributed by atoms with Crippen molar-refractivity contribution in [1.82, 2.24) is 9.97 Å². The van der Waals surface area contributed by atoms with E-state index in [1.54, 1.807) is 0 Å². The summed E-state index contributed by atoms with van der Waals surface area (Å²) in [6, 6.07) is 0.297. The summed E-state index contributed by atoms with van der Waals surface area (Å²) in [6.45, 7) is 2.16. The van der Waals surface area contributed by atoms with Crippen molar-refractivity contribution in [2.45, 2.75) is 32.2 Å². The van der Waals surface area contributed by atoms with Crippen molar-refractivity contribution in [2.75, 3.05) is 5.32 Å². The molecule has 1 aromatic heterocycles. The number of rotatable bonds is 2. The number of hydrogen-bond donors (Lipinski definition) is 1. The Morgan fingerprint density at radius 2 is 2.33 bits per heavy atom. The van der Waals surface area contributed by atoms with Crippen LogP contribution in [0.2, 0.25) is 5.28 Å². The zero-order chi connectivity index (χ0) is 10.8. The number of nitrogens with zero attached hydrogens (tertiary/aromatic N) is 2. The van der Waals surface area contributed by atoms with Gasteiger partial charge in [0.1, 0.15) is 0 Å². The molecular weight excluding hydrogens is 217 g/mol. The Labute approximate surface area is 93.1 Å². The van der Waals surface area contributed by atoms with Gasteiger partial charge < -0.3 is 5.32 Å². The monoisotopic (exact) mass is 229 g/mol. The van der Waals surface area contributed by atoms with Crippen LogP contribution in [0.15, 0.2) is 6.20 Å². The Morgan fingerprint density at radius 1 is 1.53 bits per heavy atom. The lowest BCUT2D eigenvalue weighted by atomic mass is 10.1. The van der Waals surface area contributed by atoms with Crippen molar-refractivity contribution in [3.8, 4) is 0 Å². The van der Waals surface area contributed by atoms with Gasteiger partial charge in [-0.15, -0.1) is 0 Å². The van der Waals surface area contributed by atoms with Gasteiger partial charge in [-0.25, -0.2) is 9.37 Å². The quantitative estimate of drug-likeness (QED) is 0.793. The molecule has 1 aliphatic carbocycles. The van der Waals surface area contributed by atoms with E-state index in [-0.39, 0.29) is 11.1 Å². The Morgan fingerprint density at radius 3 is 3.00 bits per heavy atom. The van der Waals surface area contributed by atoms with Crippen LogP contribution in [0.3, 0.4) is 0 Å². The van der Waals surface area contributed by atoms with Crippen LogP contribution in [0.5, 0.6) is 0 Å². The second kappa shape index (κ2) is 4.31. The highest BCUT2D eigenvalue weighted by molar-refractivity contribution is 6.28. The van der Waals surface area contributed by atoms with E-state index in [0.717, 1.165) is 12.6 Å². The van der Waals surface area contributed by atoms with Gasteiger partial charge in [-0.3, -0.25) is 0 Å². The first-order chi connectivity index (χ1) is 7.16. The maximum absolute atomic E-state index is 13.3. The molecule has 5 heteroatoms. The smallest absolute Gasteiger partial charge is 0.224 e. The SMILES string of the molecule is CC1CCCC1Nc1nc(Cl)ncc1F. The molecule has 0 aliphatic heterocycles. The Hall–Kier alpha value is -0.900. The standard InChI is InChI=1S/C10H13ClFN3/c1-6-3-2-4-8(6)14-9-7(12)5-13-10(11)15-9/h5-6,8H,2-4H2,1H3,(H,13,14,15). The van der Waals surface area contributed by atoms with Crippen LogP contribution in [0.25, 0.3) is 0 Å². The van der Waals surface area contributed by atoms with Crippen molar-refractivity contribution < 1.29 is 4.39 Å². The third-order valence-electron chi connectivity index (χ3n) is 2.90. The van der Waals surface area contributed by atoms with Crippen LogP contribution in [-0.4, -0.2) is 16.0 Å². The number of anilines is 1. The van der Waals surface area contributed by atoms with Gasteiger partial charge in [0.15, 0.2) is 11.6 Å². The number of hydrogen-bond acceptors (Lipinski definition) is 3. The van der Waals surface area contributed by atoms with Crippen LogP contribution in [-0.2, 0) is 0 Å². The lowest BCUT2D eigenvalue weighted by Gasteiger charge is -2.17. The van der Waals surface area contributed by atoms with Gasteiger partial charge in [-0.05, 0) is 30.4 Å². The molecular formula is C10H13ClFN3. The van der Waals surface area contributed by atoms with E-state index in [0.29, 0.717) is 12.0 Å². The molecule has 82 valence electrons. The third kappa shape index (κ3) is 2.37. The van der Waals surface area contributed by atoms with E-state index in [4.69, 9.17) is 11.6 Å². The predicted molar refractivity (Wildman–Crippen MR) is 57.4 cm³/mol. The first-order valence-corrected chi connectivity index (χ1v) is 5.49.